The van der Waals surface area contributed by atoms with E-state index in [9.17, 15) is 44.0 Å². The molecule has 17 heteroatoms. The normalized spacial score (nSPS) is 14.2. The molecule has 17 nitrogen and oxygen atoms in total. The number of aliphatic hydroxyl groups is 1. The van der Waals surface area contributed by atoms with Crippen molar-refractivity contribution in [1.82, 2.24) is 13.7 Å². The third-order valence-corrected chi connectivity index (χ3v) is 13.3. The number of non-ortho nitro benzene ring substituents is 1. The van der Waals surface area contributed by atoms with Gasteiger partial charge in [0.15, 0.2) is 0 Å². The number of rotatable bonds is 15. The van der Waals surface area contributed by atoms with Crippen LogP contribution in [0.15, 0.2) is 106 Å². The average Bonchev–Trinajstić information content (AvgIpc) is 3.60. The summed E-state index contributed by atoms with van der Waals surface area (Å²) in [6.45, 7) is 14.6. The Morgan fingerprint density at radius 2 is 1.07 bits per heavy atom. The van der Waals surface area contributed by atoms with Gasteiger partial charge in [0.1, 0.15) is 13.2 Å². The number of anilines is 2. The number of hydrogen-bond acceptors (Lipinski definition) is 12. The molecule has 0 spiro atoms. The predicted octanol–water partition coefficient (Wildman–Crippen LogP) is 9.50. The molecule has 1 aliphatic rings. The molecule has 3 heterocycles. The van der Waals surface area contributed by atoms with E-state index in [1.807, 2.05) is 59.7 Å². The van der Waals surface area contributed by atoms with Crippen LogP contribution >= 0.6 is 0 Å². The van der Waals surface area contributed by atoms with Crippen LogP contribution in [0, 0.1) is 33.8 Å². The molecule has 0 bridgehead atoms. The number of nitrogens with zero attached hydrogens (tertiary/aromatic N) is 4. The van der Waals surface area contributed by atoms with E-state index in [1.165, 1.54) is 62.4 Å². The second-order valence-electron chi connectivity index (χ2n) is 19.5. The molecule has 386 valence electrons. The summed E-state index contributed by atoms with van der Waals surface area (Å²) in [4.78, 5) is 83.5. The number of hydrogen-bond donors (Lipinski definition) is 3. The molecular weight excluding hydrogens is 921 g/mol. The van der Waals surface area contributed by atoms with Crippen LogP contribution in [0.4, 0.5) is 17.1 Å². The summed E-state index contributed by atoms with van der Waals surface area (Å²) in [6.07, 6.45) is 12.8. The van der Waals surface area contributed by atoms with Crippen LogP contribution in [0.1, 0.15) is 118 Å². The number of carbonyl (C=O) groups is 3. The van der Waals surface area contributed by atoms with Crippen molar-refractivity contribution in [3.05, 3.63) is 133 Å². The number of pyridine rings is 3. The van der Waals surface area contributed by atoms with Gasteiger partial charge in [0.05, 0.1) is 40.4 Å². The van der Waals surface area contributed by atoms with Crippen molar-refractivity contribution in [3.63, 3.8) is 0 Å². The van der Waals surface area contributed by atoms with Crippen molar-refractivity contribution in [2.24, 2.45) is 23.7 Å². The molecule has 1 saturated carbocycles. The molecule has 0 saturated heterocycles. The van der Waals surface area contributed by atoms with Gasteiger partial charge in [-0.15, -0.1) is 0 Å². The van der Waals surface area contributed by atoms with E-state index in [4.69, 9.17) is 15.2 Å². The van der Waals surface area contributed by atoms with Crippen molar-refractivity contribution in [2.75, 3.05) is 30.9 Å². The fourth-order valence-corrected chi connectivity index (χ4v) is 9.18. The topological polar surface area (TPSA) is 237 Å². The lowest BCUT2D eigenvalue weighted by atomic mass is 9.96. The summed E-state index contributed by atoms with van der Waals surface area (Å²) in [5, 5.41) is 27.0. The minimum absolute atomic E-state index is 0.0268. The maximum Gasteiger partial charge on any atom is 0.302 e. The number of aromatic nitrogens is 3. The van der Waals surface area contributed by atoms with E-state index >= 15 is 0 Å². The maximum absolute atomic E-state index is 13.0. The van der Waals surface area contributed by atoms with Crippen molar-refractivity contribution in [1.29, 1.82) is 0 Å². The van der Waals surface area contributed by atoms with E-state index < -0.39 is 10.9 Å². The van der Waals surface area contributed by atoms with Gasteiger partial charge in [-0.05, 0) is 85.0 Å². The Labute approximate surface area is 419 Å². The van der Waals surface area contributed by atoms with Gasteiger partial charge in [0.2, 0.25) is 5.91 Å². The van der Waals surface area contributed by atoms with Gasteiger partial charge in [0, 0.05) is 77.8 Å². The van der Waals surface area contributed by atoms with Crippen LogP contribution in [0.3, 0.4) is 0 Å². The van der Waals surface area contributed by atoms with Crippen LogP contribution in [-0.2, 0) is 23.9 Å². The smallest absolute Gasteiger partial charge is 0.302 e. The number of fused-ring (bicyclic) bond motifs is 3. The maximum atomic E-state index is 13.0. The number of nitro benzene ring substituents is 1. The highest BCUT2D eigenvalue weighted by atomic mass is 16.6. The third kappa shape index (κ3) is 14.0. The summed E-state index contributed by atoms with van der Waals surface area (Å²) < 4.78 is 14.8. The number of ether oxygens (including phenoxy) is 2. The van der Waals surface area contributed by atoms with E-state index in [-0.39, 0.29) is 95.3 Å². The summed E-state index contributed by atoms with van der Waals surface area (Å²) >= 11 is 0. The highest BCUT2D eigenvalue weighted by Crippen LogP contribution is 2.29. The molecule has 0 aliphatic heterocycles. The first kappa shape index (κ1) is 55.8. The van der Waals surface area contributed by atoms with Crippen LogP contribution in [-0.4, -0.2) is 61.4 Å². The quantitative estimate of drug-likeness (QED) is 0.0287. The molecule has 3 aromatic heterocycles. The Morgan fingerprint density at radius 1 is 0.639 bits per heavy atom. The number of nitro groups is 1. The van der Waals surface area contributed by atoms with Crippen molar-refractivity contribution >= 4 is 67.2 Å². The first-order valence-electron chi connectivity index (χ1n) is 24.7. The number of nitrogens with one attached hydrogen (secondary N) is 1. The second kappa shape index (κ2) is 25.8. The molecule has 1 fully saturated rings. The Balaban J connectivity index is 0.000000203. The first-order chi connectivity index (χ1) is 34.2. The van der Waals surface area contributed by atoms with Gasteiger partial charge in [-0.25, -0.2) is 0 Å². The molecule has 1 aliphatic carbocycles. The van der Waals surface area contributed by atoms with Gasteiger partial charge in [-0.2, -0.15) is 0 Å². The zero-order chi connectivity index (χ0) is 52.8. The average molecular weight is 991 g/mol. The number of nitrogens with two attached hydrogens (primary N) is 1. The molecular formula is C55H70N6O11. The third-order valence-electron chi connectivity index (χ3n) is 13.3. The molecule has 4 N–H and O–H groups in total. The minimum atomic E-state index is -0.509. The Morgan fingerprint density at radius 3 is 1.54 bits per heavy atom. The van der Waals surface area contributed by atoms with E-state index in [0.717, 1.165) is 23.6 Å². The lowest BCUT2D eigenvalue weighted by Crippen LogP contribution is -2.31. The van der Waals surface area contributed by atoms with Crippen LogP contribution in [0.2, 0.25) is 0 Å². The number of nitrogen functional groups attached to an aromatic ring is 1. The monoisotopic (exact) mass is 991 g/mol. The first-order valence-corrected chi connectivity index (χ1v) is 24.7. The van der Waals surface area contributed by atoms with Gasteiger partial charge in [0.25, 0.3) is 22.4 Å². The second-order valence-corrected chi connectivity index (χ2v) is 19.5. The number of carbonyl (C=O) groups excluding carboxylic acids is 3. The van der Waals surface area contributed by atoms with Crippen LogP contribution in [0.5, 0.6) is 0 Å². The lowest BCUT2D eigenvalue weighted by molar-refractivity contribution is -0.383. The number of benzene rings is 3. The van der Waals surface area contributed by atoms with Gasteiger partial charge in [-0.3, -0.25) is 38.9 Å². The largest absolute Gasteiger partial charge is 0.464 e. The van der Waals surface area contributed by atoms with Crippen molar-refractivity contribution < 1.29 is 33.9 Å². The minimum Gasteiger partial charge on any atom is -0.464 e. The molecule has 7 rings (SSSR count). The van der Waals surface area contributed by atoms with Crippen molar-refractivity contribution in [2.45, 2.75) is 118 Å². The summed E-state index contributed by atoms with van der Waals surface area (Å²) in [5.74, 6) is 0.0651. The molecule has 0 radical (unpaired) electrons. The Kier molecular flexibility index (Phi) is 20.0. The van der Waals surface area contributed by atoms with Crippen LogP contribution in [0.25, 0.3) is 32.3 Å². The van der Waals surface area contributed by atoms with E-state index in [0.29, 0.717) is 39.9 Å². The molecule has 3 aromatic carbocycles. The standard InChI is InChI=1S/C23H32N2O3.C16H18N2O5.C16H20N2O3/c1-16(2)21(15-26)25-13-12-18-19(23(25)28)10-7-11-20(18)24-22(27)14-17-8-5-3-4-6-9-17;1-10(2)15(9-23-11(3)19)17-8-7-12-13(16(17)20)5-4-6-14(12)18(21)22;1-10(2)15(9-21-11(3)19)18-8-7-12-13(16(18)20)5-4-6-14(12)17/h7,10-13,16-17,21,26H,3-6,8-9,14-15H2,1-2H3,(H,24,27);4-8,10,15H,9H2,1-3H3;4-8,10,15H,9,17H2,1-3H3/t21-;2*15-/m000/s1. The molecule has 1 amide bonds. The fourth-order valence-electron chi connectivity index (χ4n) is 9.18. The molecule has 0 unspecified atom stereocenters. The molecule has 72 heavy (non-hydrogen) atoms. The Hall–Kier alpha value is -7.14. The van der Waals surface area contributed by atoms with Gasteiger partial charge in [-0.1, -0.05) is 85.4 Å². The predicted molar refractivity (Wildman–Crippen MR) is 282 cm³/mol. The van der Waals surface area contributed by atoms with E-state index in [2.05, 4.69) is 5.32 Å². The number of amides is 1. The number of aliphatic hydroxyl groups excluding tert-OH is 1. The van der Waals surface area contributed by atoms with Crippen LogP contribution < -0.4 is 27.7 Å². The highest BCUT2D eigenvalue weighted by molar-refractivity contribution is 6.02. The SMILES string of the molecule is CC(=O)OC[C@@H](C(C)C)n1ccc2c(N)cccc2c1=O.CC(=O)OC[C@@H](C(C)C)n1ccc2c([N+](=O)[O-])cccc2c1=O.CC(C)[C@H](CO)n1ccc2c(NC(=O)CC3CCCCCC3)cccc2c1=O. The molecule has 6 aromatic rings. The fraction of sp³-hybridized carbons (Fsp3) is 0.455. The van der Waals surface area contributed by atoms with Gasteiger partial charge < -0.3 is 39.3 Å². The zero-order valence-corrected chi connectivity index (χ0v) is 42.7. The summed E-state index contributed by atoms with van der Waals surface area (Å²) in [7, 11) is 0. The number of esters is 2. The summed E-state index contributed by atoms with van der Waals surface area (Å²) in [6, 6.07) is 19.6. The zero-order valence-electron chi connectivity index (χ0n) is 42.7. The highest BCUT2D eigenvalue weighted by Gasteiger charge is 2.23. The summed E-state index contributed by atoms with van der Waals surface area (Å²) in [5.41, 5.74) is 6.47. The van der Waals surface area contributed by atoms with E-state index in [1.54, 1.807) is 64.0 Å². The van der Waals surface area contributed by atoms with Gasteiger partial charge >= 0.3 is 11.9 Å². The lowest BCUT2D eigenvalue weighted by Gasteiger charge is -2.23. The molecule has 3 atom stereocenters. The van der Waals surface area contributed by atoms with Crippen molar-refractivity contribution in [3.8, 4) is 0 Å². The Bertz CT molecular complexity index is 3040.